The summed E-state index contributed by atoms with van der Waals surface area (Å²) in [4.78, 5) is 0.663. The predicted octanol–water partition coefficient (Wildman–Crippen LogP) is 0.544. The Morgan fingerprint density at radius 2 is 1.26 bits per heavy atom. The average molecular weight is 330 g/mol. The minimum Gasteiger partial charge on any atom is -0.779 e. The molecule has 3 aromatic carbocycles. The number of hydrogen-bond donors (Lipinski definition) is 0. The molecule has 23 heavy (non-hydrogen) atoms. The normalized spacial score (nSPS) is 10.8. The molecule has 0 N–H and O–H groups in total. The van der Waals surface area contributed by atoms with Gasteiger partial charge in [0.05, 0.1) is 0 Å². The van der Waals surface area contributed by atoms with Gasteiger partial charge in [0.25, 0.3) is 0 Å². The Balaban J connectivity index is 0.00000192. The summed E-state index contributed by atoms with van der Waals surface area (Å²) in [6.45, 7) is 2.00. The molecule has 4 heteroatoms. The van der Waals surface area contributed by atoms with E-state index in [0.29, 0.717) is 4.90 Å². The van der Waals surface area contributed by atoms with Crippen LogP contribution in [-0.2, 0) is 17.2 Å². The van der Waals surface area contributed by atoms with E-state index in [4.69, 9.17) is 12.6 Å². The van der Waals surface area contributed by atoms with E-state index >= 15 is 0 Å². The quantitative estimate of drug-likeness (QED) is 0.396. The Hall–Kier alpha value is -1.29. The van der Waals surface area contributed by atoms with Gasteiger partial charge in [0, 0.05) is 15.9 Å². The van der Waals surface area contributed by atoms with Crippen LogP contribution in [0.2, 0.25) is 0 Å². The molecule has 0 heterocycles. The van der Waals surface area contributed by atoms with Gasteiger partial charge in [-0.05, 0) is 6.92 Å². The summed E-state index contributed by atoms with van der Waals surface area (Å²) in [6.07, 6.45) is 0. The minimum absolute atomic E-state index is 0. The van der Waals surface area contributed by atoms with E-state index in [1.165, 1.54) is 0 Å². The zero-order chi connectivity index (χ0) is 15.6. The third kappa shape index (κ3) is 3.47. The third-order valence-corrected chi connectivity index (χ3v) is 7.30. The molecule has 0 saturated heterocycles. The van der Waals surface area contributed by atoms with Crippen molar-refractivity contribution in [2.75, 3.05) is 0 Å². The van der Waals surface area contributed by atoms with Crippen molar-refractivity contribution < 1.29 is 23.4 Å². The van der Waals surface area contributed by atoms with E-state index in [2.05, 4.69) is 0 Å². The SMILES string of the molecule is Cc1ccc(P(=O)(c2ccccc2)c2ccccc2)c([S-])c1.[Li+]. The van der Waals surface area contributed by atoms with Gasteiger partial charge in [-0.1, -0.05) is 84.4 Å². The maximum Gasteiger partial charge on any atom is 1.00 e. The molecule has 0 spiro atoms. The molecule has 0 aliphatic heterocycles. The molecule has 0 unspecified atom stereocenters. The molecule has 3 rings (SSSR count). The number of aryl methyl sites for hydroxylation is 1. The van der Waals surface area contributed by atoms with Crippen LogP contribution in [0.1, 0.15) is 5.56 Å². The number of hydrogen-bond acceptors (Lipinski definition) is 2. The number of rotatable bonds is 3. The zero-order valence-corrected chi connectivity index (χ0v) is 15.0. The van der Waals surface area contributed by atoms with Gasteiger partial charge in [-0.3, -0.25) is 0 Å². The van der Waals surface area contributed by atoms with Crippen molar-refractivity contribution in [1.82, 2.24) is 0 Å². The van der Waals surface area contributed by atoms with Crippen LogP contribution in [0.15, 0.2) is 83.8 Å². The van der Waals surface area contributed by atoms with Gasteiger partial charge in [-0.2, -0.15) is 4.90 Å². The second-order valence-electron chi connectivity index (χ2n) is 5.25. The summed E-state index contributed by atoms with van der Waals surface area (Å²) >= 11 is 5.52. The molecular formula is C19H16LiOPS. The summed E-state index contributed by atoms with van der Waals surface area (Å²) < 4.78 is 14.1. The maximum absolute atomic E-state index is 14.1. The molecule has 0 aliphatic rings. The Kier molecular flexibility index (Phi) is 5.90. The van der Waals surface area contributed by atoms with Gasteiger partial charge in [-0.25, -0.2) is 0 Å². The largest absolute Gasteiger partial charge is 1.00 e. The van der Waals surface area contributed by atoms with Crippen LogP contribution in [0.5, 0.6) is 0 Å². The van der Waals surface area contributed by atoms with Crippen LogP contribution in [0, 0.1) is 6.92 Å². The van der Waals surface area contributed by atoms with Crippen LogP contribution in [0.25, 0.3) is 0 Å². The van der Waals surface area contributed by atoms with E-state index in [1.54, 1.807) is 0 Å². The smallest absolute Gasteiger partial charge is 0.779 e. The average Bonchev–Trinajstić information content (AvgIpc) is 2.56. The summed E-state index contributed by atoms with van der Waals surface area (Å²) in [5.41, 5.74) is 1.08. The fourth-order valence-corrected chi connectivity index (χ4v) is 5.92. The fourth-order valence-electron chi connectivity index (χ4n) is 2.58. The molecular weight excluding hydrogens is 314 g/mol. The standard InChI is InChI=1S/C19H17OPS.Li/c1-15-12-13-18(19(22)14-15)21(20,16-8-4-2-5-9-16)17-10-6-3-7-11-17;/h2-14,22H,1H3;/q;+1/p-1. The van der Waals surface area contributed by atoms with Crippen molar-refractivity contribution in [2.45, 2.75) is 11.8 Å². The van der Waals surface area contributed by atoms with Gasteiger partial charge in [0.15, 0.2) is 7.14 Å². The molecule has 0 atom stereocenters. The van der Waals surface area contributed by atoms with Crippen molar-refractivity contribution in [3.8, 4) is 0 Å². The Bertz CT molecular complexity index is 791. The van der Waals surface area contributed by atoms with E-state index in [-0.39, 0.29) is 18.9 Å². The van der Waals surface area contributed by atoms with Crippen LogP contribution in [-0.4, -0.2) is 0 Å². The first kappa shape index (κ1) is 18.1. The monoisotopic (exact) mass is 330 g/mol. The van der Waals surface area contributed by atoms with Crippen molar-refractivity contribution in [2.24, 2.45) is 0 Å². The molecule has 3 aromatic rings. The molecule has 0 aromatic heterocycles. The van der Waals surface area contributed by atoms with Crippen molar-refractivity contribution in [3.63, 3.8) is 0 Å². The van der Waals surface area contributed by atoms with Crippen molar-refractivity contribution >= 4 is 35.7 Å². The maximum atomic E-state index is 14.1. The molecule has 110 valence electrons. The first-order valence-electron chi connectivity index (χ1n) is 7.12. The van der Waals surface area contributed by atoms with E-state index in [9.17, 15) is 4.57 Å². The van der Waals surface area contributed by atoms with Gasteiger partial charge in [0.2, 0.25) is 0 Å². The molecule has 0 bridgehead atoms. The Morgan fingerprint density at radius 3 is 1.70 bits per heavy atom. The number of benzene rings is 3. The van der Waals surface area contributed by atoms with Crippen molar-refractivity contribution in [1.29, 1.82) is 0 Å². The molecule has 0 aliphatic carbocycles. The van der Waals surface area contributed by atoms with Gasteiger partial charge in [-0.15, -0.1) is 0 Å². The predicted molar refractivity (Wildman–Crippen MR) is 96.2 cm³/mol. The van der Waals surface area contributed by atoms with Crippen LogP contribution in [0.3, 0.4) is 0 Å². The first-order chi connectivity index (χ1) is 10.6. The molecule has 0 amide bonds. The molecule has 0 fully saturated rings. The van der Waals surface area contributed by atoms with Crippen LogP contribution >= 0.6 is 7.14 Å². The molecule has 1 nitrogen and oxygen atoms in total. The summed E-state index contributed by atoms with van der Waals surface area (Å²) in [7, 11) is -2.94. The summed E-state index contributed by atoms with van der Waals surface area (Å²) in [5.74, 6) is 0. The van der Waals surface area contributed by atoms with Gasteiger partial charge < -0.3 is 17.2 Å². The fraction of sp³-hybridized carbons (Fsp3) is 0.0526. The second kappa shape index (κ2) is 7.52. The Morgan fingerprint density at radius 1 is 0.783 bits per heavy atom. The third-order valence-electron chi connectivity index (χ3n) is 3.69. The van der Waals surface area contributed by atoms with E-state index in [1.807, 2.05) is 85.8 Å². The van der Waals surface area contributed by atoms with Crippen molar-refractivity contribution in [3.05, 3.63) is 84.4 Å². The second-order valence-corrected chi connectivity index (χ2v) is 8.42. The van der Waals surface area contributed by atoms with Gasteiger partial charge >= 0.3 is 18.9 Å². The van der Waals surface area contributed by atoms with E-state index in [0.717, 1.165) is 21.5 Å². The Labute approximate surface area is 155 Å². The first-order valence-corrected chi connectivity index (χ1v) is 9.23. The van der Waals surface area contributed by atoms with Crippen LogP contribution in [0.4, 0.5) is 0 Å². The molecule has 0 saturated carbocycles. The zero-order valence-electron chi connectivity index (χ0n) is 13.3. The minimum atomic E-state index is -2.94. The molecule has 0 radical (unpaired) electrons. The summed E-state index contributed by atoms with van der Waals surface area (Å²) in [5, 5.41) is 2.37. The summed E-state index contributed by atoms with van der Waals surface area (Å²) in [6, 6.07) is 25.0. The van der Waals surface area contributed by atoms with Crippen LogP contribution < -0.4 is 34.8 Å². The van der Waals surface area contributed by atoms with Gasteiger partial charge in [0.1, 0.15) is 0 Å². The topological polar surface area (TPSA) is 17.1 Å². The van der Waals surface area contributed by atoms with E-state index < -0.39 is 7.14 Å².